The molecule has 0 atom stereocenters. The first-order chi connectivity index (χ1) is 14.7. The Kier molecular flexibility index (Phi) is 6.48. The van der Waals surface area contributed by atoms with E-state index in [-0.39, 0.29) is 5.56 Å². The zero-order chi connectivity index (χ0) is 22.6. The van der Waals surface area contributed by atoms with Gasteiger partial charge in [0.1, 0.15) is 18.0 Å². The highest BCUT2D eigenvalue weighted by molar-refractivity contribution is 5.86. The summed E-state index contributed by atoms with van der Waals surface area (Å²) >= 11 is 0. The third kappa shape index (κ3) is 5.75. The second kappa shape index (κ2) is 9.07. The molecule has 0 aliphatic heterocycles. The van der Waals surface area contributed by atoms with Gasteiger partial charge in [0.05, 0.1) is 23.0 Å². The second-order valence-electron chi connectivity index (χ2n) is 8.86. The van der Waals surface area contributed by atoms with Gasteiger partial charge in [-0.3, -0.25) is 9.89 Å². The van der Waals surface area contributed by atoms with Crippen molar-refractivity contribution in [2.75, 3.05) is 5.32 Å². The first kappa shape index (κ1) is 22.1. The molecule has 4 heterocycles. The van der Waals surface area contributed by atoms with Crippen LogP contribution in [-0.4, -0.2) is 29.7 Å². The average molecular weight is 420 g/mol. The van der Waals surface area contributed by atoms with E-state index in [0.29, 0.717) is 34.7 Å². The van der Waals surface area contributed by atoms with E-state index >= 15 is 0 Å². The van der Waals surface area contributed by atoms with Crippen molar-refractivity contribution in [2.45, 2.75) is 48.1 Å². The fourth-order valence-electron chi connectivity index (χ4n) is 2.91. The highest BCUT2D eigenvalue weighted by atomic mass is 16.1. The van der Waals surface area contributed by atoms with Gasteiger partial charge in [-0.2, -0.15) is 5.10 Å². The predicted molar refractivity (Wildman–Crippen MR) is 124 cm³/mol. The molecule has 0 fully saturated rings. The third-order valence-corrected chi connectivity index (χ3v) is 4.20. The summed E-state index contributed by atoms with van der Waals surface area (Å²) in [5.41, 5.74) is 2.78. The van der Waals surface area contributed by atoms with Gasteiger partial charge >= 0.3 is 0 Å². The summed E-state index contributed by atoms with van der Waals surface area (Å²) in [6, 6.07) is 5.60. The normalized spacial score (nSPS) is 11.2. The minimum atomic E-state index is -0.0224. The molecule has 31 heavy (non-hydrogen) atoms. The highest BCUT2D eigenvalue weighted by Crippen LogP contribution is 2.22. The summed E-state index contributed by atoms with van der Waals surface area (Å²) in [6.45, 7) is 13.2. The molecule has 0 aliphatic carbocycles. The van der Waals surface area contributed by atoms with E-state index in [1.165, 1.54) is 6.33 Å². The Bertz CT molecular complexity index is 1220. The van der Waals surface area contributed by atoms with Gasteiger partial charge in [0.25, 0.3) is 5.56 Å². The second-order valence-corrected chi connectivity index (χ2v) is 8.86. The monoisotopic (exact) mass is 419 g/mol. The molecule has 0 unspecified atom stereocenters. The Morgan fingerprint density at radius 3 is 2.52 bits per heavy atom. The standard InChI is InChI=1S/C18H17N7O.C5H12/c1-3-25-5-4-12-6-16(23-11(2)17(12)18(25)26)24-15-7-14(19-10-20-15)13-8-21-22-9-13;1-5(2,3)4/h4-10H,3H2,1-2H3,(H,21,22)(H,19,20,23,24);1-4H3. The number of aromatic nitrogens is 6. The number of H-pyrrole nitrogens is 1. The first-order valence-electron chi connectivity index (χ1n) is 10.2. The van der Waals surface area contributed by atoms with Crippen LogP contribution in [0.2, 0.25) is 0 Å². The smallest absolute Gasteiger partial charge is 0.260 e. The molecule has 0 saturated heterocycles. The first-order valence-corrected chi connectivity index (χ1v) is 10.2. The molecular weight excluding hydrogens is 390 g/mol. The van der Waals surface area contributed by atoms with Crippen LogP contribution in [0.4, 0.5) is 11.6 Å². The highest BCUT2D eigenvalue weighted by Gasteiger charge is 2.10. The number of fused-ring (bicyclic) bond motifs is 1. The number of aryl methyl sites for hydroxylation is 2. The van der Waals surface area contributed by atoms with Crippen LogP contribution in [0.3, 0.4) is 0 Å². The lowest BCUT2D eigenvalue weighted by molar-refractivity contribution is 0.469. The van der Waals surface area contributed by atoms with Crippen LogP contribution in [0.1, 0.15) is 40.3 Å². The molecule has 0 saturated carbocycles. The van der Waals surface area contributed by atoms with Crippen LogP contribution in [-0.2, 0) is 6.54 Å². The van der Waals surface area contributed by atoms with E-state index in [4.69, 9.17) is 0 Å². The Labute approximate surface area is 181 Å². The van der Waals surface area contributed by atoms with Gasteiger partial charge in [-0.05, 0) is 36.8 Å². The summed E-state index contributed by atoms with van der Waals surface area (Å²) < 4.78 is 1.67. The number of pyridine rings is 2. The Hall–Kier alpha value is -3.55. The molecule has 0 aromatic carbocycles. The zero-order valence-corrected chi connectivity index (χ0v) is 18.9. The summed E-state index contributed by atoms with van der Waals surface area (Å²) in [4.78, 5) is 25.5. The van der Waals surface area contributed by atoms with Crippen LogP contribution >= 0.6 is 0 Å². The van der Waals surface area contributed by atoms with Gasteiger partial charge in [0.15, 0.2) is 0 Å². The van der Waals surface area contributed by atoms with E-state index in [0.717, 1.165) is 16.6 Å². The van der Waals surface area contributed by atoms with Gasteiger partial charge in [0.2, 0.25) is 0 Å². The maximum absolute atomic E-state index is 12.5. The maximum Gasteiger partial charge on any atom is 0.260 e. The summed E-state index contributed by atoms with van der Waals surface area (Å²) in [5, 5.41) is 11.4. The van der Waals surface area contributed by atoms with Crippen LogP contribution in [0.5, 0.6) is 0 Å². The minimum Gasteiger partial charge on any atom is -0.325 e. The third-order valence-electron chi connectivity index (χ3n) is 4.20. The number of nitrogens with one attached hydrogen (secondary N) is 2. The lowest BCUT2D eigenvalue weighted by atomic mass is 10.0. The van der Waals surface area contributed by atoms with Crippen LogP contribution in [0.15, 0.2) is 47.9 Å². The van der Waals surface area contributed by atoms with Crippen LogP contribution < -0.4 is 10.9 Å². The molecule has 0 bridgehead atoms. The number of nitrogens with zero attached hydrogens (tertiary/aromatic N) is 5. The lowest BCUT2D eigenvalue weighted by Gasteiger charge is -2.10. The van der Waals surface area contributed by atoms with Crippen LogP contribution in [0, 0.1) is 12.3 Å². The quantitative estimate of drug-likeness (QED) is 0.497. The van der Waals surface area contributed by atoms with Gasteiger partial charge < -0.3 is 9.88 Å². The van der Waals surface area contributed by atoms with Crippen molar-refractivity contribution in [1.82, 2.24) is 29.7 Å². The van der Waals surface area contributed by atoms with Crippen molar-refractivity contribution in [1.29, 1.82) is 0 Å². The van der Waals surface area contributed by atoms with Crippen molar-refractivity contribution >= 4 is 22.4 Å². The number of rotatable bonds is 4. The fraction of sp³-hybridized carbons (Fsp3) is 0.348. The van der Waals surface area contributed by atoms with E-state index < -0.39 is 0 Å². The van der Waals surface area contributed by atoms with Crippen LogP contribution in [0.25, 0.3) is 22.0 Å². The zero-order valence-electron chi connectivity index (χ0n) is 18.9. The largest absolute Gasteiger partial charge is 0.325 e. The number of anilines is 2. The summed E-state index contributed by atoms with van der Waals surface area (Å²) in [5.74, 6) is 1.24. The molecular formula is C23H29N7O. The Balaban J connectivity index is 0.000000491. The fourth-order valence-corrected chi connectivity index (χ4v) is 2.91. The van der Waals surface area contributed by atoms with Crippen molar-refractivity contribution in [3.63, 3.8) is 0 Å². The summed E-state index contributed by atoms with van der Waals surface area (Å²) in [7, 11) is 0. The molecule has 4 rings (SSSR count). The molecule has 8 heteroatoms. The van der Waals surface area contributed by atoms with Gasteiger partial charge in [0, 0.05) is 30.6 Å². The molecule has 0 radical (unpaired) electrons. The molecule has 4 aromatic rings. The van der Waals surface area contributed by atoms with Gasteiger partial charge in [-0.15, -0.1) is 0 Å². The lowest BCUT2D eigenvalue weighted by Crippen LogP contribution is -2.19. The van der Waals surface area contributed by atoms with Crippen molar-refractivity contribution in [3.05, 3.63) is 59.2 Å². The average Bonchev–Trinajstić information content (AvgIpc) is 3.22. The van der Waals surface area contributed by atoms with E-state index in [1.54, 1.807) is 23.2 Å². The van der Waals surface area contributed by atoms with Crippen molar-refractivity contribution in [2.24, 2.45) is 5.41 Å². The van der Waals surface area contributed by atoms with E-state index in [1.807, 2.05) is 32.0 Å². The Morgan fingerprint density at radius 2 is 1.87 bits per heavy atom. The maximum atomic E-state index is 12.5. The van der Waals surface area contributed by atoms with Gasteiger partial charge in [-0.1, -0.05) is 27.7 Å². The summed E-state index contributed by atoms with van der Waals surface area (Å²) in [6.07, 6.45) is 6.75. The van der Waals surface area contributed by atoms with E-state index in [9.17, 15) is 4.79 Å². The molecule has 0 amide bonds. The molecule has 4 aromatic heterocycles. The molecule has 0 spiro atoms. The van der Waals surface area contributed by atoms with Crippen molar-refractivity contribution < 1.29 is 0 Å². The van der Waals surface area contributed by atoms with Crippen molar-refractivity contribution in [3.8, 4) is 11.3 Å². The number of hydrogen-bond acceptors (Lipinski definition) is 6. The Morgan fingerprint density at radius 1 is 1.13 bits per heavy atom. The SMILES string of the molecule is CC(C)(C)C.CCn1ccc2cc(Nc3cc(-c4cn[nH]c4)ncn3)nc(C)c2c1=O. The number of hydrogen-bond donors (Lipinski definition) is 2. The molecule has 8 nitrogen and oxygen atoms in total. The van der Waals surface area contributed by atoms with Gasteiger partial charge in [-0.25, -0.2) is 15.0 Å². The topological polar surface area (TPSA) is 101 Å². The molecule has 162 valence electrons. The minimum absolute atomic E-state index is 0.0224. The molecule has 0 aliphatic rings. The molecule has 2 N–H and O–H groups in total. The number of aromatic amines is 1. The predicted octanol–water partition coefficient (Wildman–Crippen LogP) is 4.70. The van der Waals surface area contributed by atoms with E-state index in [2.05, 4.69) is 58.2 Å².